The van der Waals surface area contributed by atoms with E-state index in [0.717, 1.165) is 12.8 Å². The van der Waals surface area contributed by atoms with E-state index >= 15 is 0 Å². The van der Waals surface area contributed by atoms with Gasteiger partial charge in [0.25, 0.3) is 11.6 Å². The summed E-state index contributed by atoms with van der Waals surface area (Å²) in [5, 5.41) is 10.9. The van der Waals surface area contributed by atoms with Gasteiger partial charge in [0.2, 0.25) is 0 Å². The Kier molecular flexibility index (Phi) is 3.92. The van der Waals surface area contributed by atoms with E-state index in [-0.39, 0.29) is 23.3 Å². The van der Waals surface area contributed by atoms with Crippen LogP contribution in [0.1, 0.15) is 37.0 Å². The highest BCUT2D eigenvalue weighted by Crippen LogP contribution is 2.30. The van der Waals surface area contributed by atoms with Gasteiger partial charge in [-0.3, -0.25) is 14.9 Å². The van der Waals surface area contributed by atoms with E-state index in [0.29, 0.717) is 18.0 Å². The molecule has 108 valence electrons. The number of nitro benzene ring substituents is 1. The summed E-state index contributed by atoms with van der Waals surface area (Å²) in [6, 6.07) is 4.53. The summed E-state index contributed by atoms with van der Waals surface area (Å²) in [6.45, 7) is 4.77. The molecule has 0 aromatic heterocycles. The van der Waals surface area contributed by atoms with Crippen LogP contribution in [-0.4, -0.2) is 28.3 Å². The number of nitrogens with zero attached hydrogens (tertiary/aromatic N) is 2. The average Bonchev–Trinajstić information content (AvgIpc) is 3.19. The number of nitrogens with two attached hydrogens (primary N) is 1. The maximum absolute atomic E-state index is 12.5. The molecule has 1 aliphatic carbocycles. The molecular formula is C14H19N3O3. The fraction of sp³-hybridized carbons (Fsp3) is 0.500. The Balaban J connectivity index is 2.27. The molecule has 0 spiro atoms. The van der Waals surface area contributed by atoms with Gasteiger partial charge in [-0.05, 0) is 30.9 Å². The van der Waals surface area contributed by atoms with Crippen LogP contribution in [0.25, 0.3) is 0 Å². The smallest absolute Gasteiger partial charge is 0.292 e. The zero-order chi connectivity index (χ0) is 14.9. The number of rotatable bonds is 5. The molecule has 1 fully saturated rings. The molecule has 0 aliphatic heterocycles. The van der Waals surface area contributed by atoms with E-state index in [2.05, 4.69) is 0 Å². The standard InChI is InChI=1S/C14H19N3O3/c1-9(2)8-16(11-4-5-11)14(18)10-3-6-12(15)13(7-10)17(19)20/h3,6-7,9,11H,4-5,8,15H2,1-2H3. The number of hydrogen-bond donors (Lipinski definition) is 1. The third-order valence-corrected chi connectivity index (χ3v) is 3.28. The van der Waals surface area contributed by atoms with Crippen LogP contribution >= 0.6 is 0 Å². The lowest BCUT2D eigenvalue weighted by Gasteiger charge is -2.24. The van der Waals surface area contributed by atoms with Gasteiger partial charge < -0.3 is 10.6 Å². The monoisotopic (exact) mass is 277 g/mol. The van der Waals surface area contributed by atoms with Gasteiger partial charge in [0, 0.05) is 24.2 Å². The average molecular weight is 277 g/mol. The Morgan fingerprint density at radius 2 is 2.15 bits per heavy atom. The van der Waals surface area contributed by atoms with Crippen molar-refractivity contribution in [1.82, 2.24) is 4.90 Å². The van der Waals surface area contributed by atoms with Gasteiger partial charge in [-0.15, -0.1) is 0 Å². The molecule has 1 aromatic carbocycles. The second kappa shape index (κ2) is 5.48. The predicted octanol–water partition coefficient (Wildman–Crippen LogP) is 2.44. The fourth-order valence-electron chi connectivity index (χ4n) is 2.18. The van der Waals surface area contributed by atoms with Crippen LogP contribution in [0.5, 0.6) is 0 Å². The van der Waals surface area contributed by atoms with E-state index < -0.39 is 4.92 Å². The van der Waals surface area contributed by atoms with E-state index in [4.69, 9.17) is 5.73 Å². The van der Waals surface area contributed by atoms with Crippen LogP contribution in [0.15, 0.2) is 18.2 Å². The Labute approximate surface area is 117 Å². The first-order valence-electron chi connectivity index (χ1n) is 6.75. The highest BCUT2D eigenvalue weighted by atomic mass is 16.6. The van der Waals surface area contributed by atoms with Crippen molar-refractivity contribution in [3.63, 3.8) is 0 Å². The SMILES string of the molecule is CC(C)CN(C(=O)c1ccc(N)c([N+](=O)[O-])c1)C1CC1. The van der Waals surface area contributed by atoms with Crippen molar-refractivity contribution in [2.24, 2.45) is 5.92 Å². The first-order chi connectivity index (χ1) is 9.40. The largest absolute Gasteiger partial charge is 0.393 e. The van der Waals surface area contributed by atoms with Crippen LogP contribution in [0.3, 0.4) is 0 Å². The molecule has 1 amide bonds. The Bertz CT molecular complexity index is 538. The third kappa shape index (κ3) is 3.07. The lowest BCUT2D eigenvalue weighted by atomic mass is 10.1. The minimum Gasteiger partial charge on any atom is -0.393 e. The predicted molar refractivity (Wildman–Crippen MR) is 76.4 cm³/mol. The van der Waals surface area contributed by atoms with E-state index in [9.17, 15) is 14.9 Å². The van der Waals surface area contributed by atoms with Crippen LogP contribution in [0.4, 0.5) is 11.4 Å². The molecule has 0 unspecified atom stereocenters. The first-order valence-corrected chi connectivity index (χ1v) is 6.75. The zero-order valence-corrected chi connectivity index (χ0v) is 11.7. The number of amides is 1. The van der Waals surface area contributed by atoms with Crippen molar-refractivity contribution in [2.45, 2.75) is 32.7 Å². The molecule has 0 atom stereocenters. The molecule has 1 saturated carbocycles. The maximum atomic E-state index is 12.5. The Morgan fingerprint density at radius 1 is 1.50 bits per heavy atom. The lowest BCUT2D eigenvalue weighted by molar-refractivity contribution is -0.383. The molecule has 1 aromatic rings. The quantitative estimate of drug-likeness (QED) is 0.508. The summed E-state index contributed by atoms with van der Waals surface area (Å²) in [5.41, 5.74) is 5.75. The van der Waals surface area contributed by atoms with E-state index in [1.807, 2.05) is 18.7 Å². The summed E-state index contributed by atoms with van der Waals surface area (Å²) in [5.74, 6) is 0.215. The first kappa shape index (κ1) is 14.3. The maximum Gasteiger partial charge on any atom is 0.292 e. The number of nitro groups is 1. The van der Waals surface area contributed by atoms with Gasteiger partial charge in [-0.25, -0.2) is 0 Å². The molecule has 6 nitrogen and oxygen atoms in total. The third-order valence-electron chi connectivity index (χ3n) is 3.28. The minimum absolute atomic E-state index is 0.0772. The molecule has 20 heavy (non-hydrogen) atoms. The van der Waals surface area contributed by atoms with Crippen molar-refractivity contribution >= 4 is 17.3 Å². The summed E-state index contributed by atoms with van der Waals surface area (Å²) >= 11 is 0. The molecule has 0 radical (unpaired) electrons. The van der Waals surface area contributed by atoms with Crippen molar-refractivity contribution in [3.05, 3.63) is 33.9 Å². The number of benzene rings is 1. The van der Waals surface area contributed by atoms with E-state index in [1.54, 1.807) is 6.07 Å². The van der Waals surface area contributed by atoms with Gasteiger partial charge in [-0.2, -0.15) is 0 Å². The van der Waals surface area contributed by atoms with Crippen LogP contribution < -0.4 is 5.73 Å². The number of nitrogen functional groups attached to an aromatic ring is 1. The van der Waals surface area contributed by atoms with Crippen LogP contribution in [0, 0.1) is 16.0 Å². The summed E-state index contributed by atoms with van der Waals surface area (Å²) in [4.78, 5) is 24.7. The molecule has 6 heteroatoms. The lowest BCUT2D eigenvalue weighted by Crippen LogP contribution is -2.36. The van der Waals surface area contributed by atoms with Gasteiger partial charge in [0.1, 0.15) is 5.69 Å². The molecule has 1 aliphatic rings. The number of anilines is 1. The normalized spacial score (nSPS) is 14.3. The highest BCUT2D eigenvalue weighted by Gasteiger charge is 2.33. The number of hydrogen-bond acceptors (Lipinski definition) is 4. The van der Waals surface area contributed by atoms with Crippen molar-refractivity contribution in [1.29, 1.82) is 0 Å². The van der Waals surface area contributed by atoms with Gasteiger partial charge in [0.15, 0.2) is 0 Å². The highest BCUT2D eigenvalue weighted by molar-refractivity contribution is 5.96. The minimum atomic E-state index is -0.560. The Morgan fingerprint density at radius 3 is 2.65 bits per heavy atom. The van der Waals surface area contributed by atoms with Crippen LogP contribution in [-0.2, 0) is 0 Å². The number of carbonyl (C=O) groups excluding carboxylic acids is 1. The molecule has 0 saturated heterocycles. The van der Waals surface area contributed by atoms with Gasteiger partial charge in [0.05, 0.1) is 4.92 Å². The molecule has 0 heterocycles. The fourth-order valence-corrected chi connectivity index (χ4v) is 2.18. The molecular weight excluding hydrogens is 258 g/mol. The molecule has 0 bridgehead atoms. The Hall–Kier alpha value is -2.11. The molecule has 2 N–H and O–H groups in total. The van der Waals surface area contributed by atoms with Crippen molar-refractivity contribution in [2.75, 3.05) is 12.3 Å². The van der Waals surface area contributed by atoms with Crippen LogP contribution in [0.2, 0.25) is 0 Å². The topological polar surface area (TPSA) is 89.5 Å². The van der Waals surface area contributed by atoms with Gasteiger partial charge in [-0.1, -0.05) is 13.8 Å². The summed E-state index contributed by atoms with van der Waals surface area (Å²) in [6.07, 6.45) is 2.02. The summed E-state index contributed by atoms with van der Waals surface area (Å²) < 4.78 is 0. The van der Waals surface area contributed by atoms with Crippen molar-refractivity contribution in [3.8, 4) is 0 Å². The van der Waals surface area contributed by atoms with E-state index in [1.165, 1.54) is 12.1 Å². The zero-order valence-electron chi connectivity index (χ0n) is 11.7. The summed E-state index contributed by atoms with van der Waals surface area (Å²) in [7, 11) is 0. The number of carbonyl (C=O) groups is 1. The second-order valence-electron chi connectivity index (χ2n) is 5.61. The molecule has 2 rings (SSSR count). The van der Waals surface area contributed by atoms with Gasteiger partial charge >= 0.3 is 0 Å². The second-order valence-corrected chi connectivity index (χ2v) is 5.61. The van der Waals surface area contributed by atoms with Crippen molar-refractivity contribution < 1.29 is 9.72 Å².